The normalized spacial score (nSPS) is 19.0. The molecule has 0 aromatic heterocycles. The molecule has 1 amide bonds. The van der Waals surface area contributed by atoms with Gasteiger partial charge in [-0.2, -0.15) is 5.10 Å². The number of hydrogen-bond donors (Lipinski definition) is 0. The van der Waals surface area contributed by atoms with Crippen molar-refractivity contribution in [1.82, 2.24) is 4.90 Å². The molecule has 1 atom stereocenters. The van der Waals surface area contributed by atoms with Crippen molar-refractivity contribution in [3.8, 4) is 0 Å². The molecule has 3 rings (SSSR count). The van der Waals surface area contributed by atoms with E-state index in [-0.39, 0.29) is 16.8 Å². The molecule has 1 saturated heterocycles. The zero-order valence-corrected chi connectivity index (χ0v) is 16.6. The van der Waals surface area contributed by atoms with Crippen LogP contribution in [0.5, 0.6) is 0 Å². The van der Waals surface area contributed by atoms with Gasteiger partial charge in [0.1, 0.15) is 5.25 Å². The summed E-state index contributed by atoms with van der Waals surface area (Å²) in [6.45, 7) is 5.83. The van der Waals surface area contributed by atoms with Crippen molar-refractivity contribution in [1.29, 1.82) is 0 Å². The molecule has 2 aromatic rings. The highest BCUT2D eigenvalue weighted by atomic mass is 32.2. The molecule has 8 heteroatoms. The van der Waals surface area contributed by atoms with E-state index in [4.69, 9.17) is 0 Å². The summed E-state index contributed by atoms with van der Waals surface area (Å²) in [5.74, 6) is -0.0343. The van der Waals surface area contributed by atoms with Crippen LogP contribution < -0.4 is 0 Å². The van der Waals surface area contributed by atoms with Crippen molar-refractivity contribution in [2.24, 2.45) is 10.2 Å². The fraction of sp³-hybridized carbons (Fsp3) is 0.250. The maximum atomic E-state index is 13.0. The summed E-state index contributed by atoms with van der Waals surface area (Å²) in [4.78, 5) is 25.1. The topological polar surface area (TPSA) is 88.2 Å². The summed E-state index contributed by atoms with van der Waals surface area (Å²) >= 11 is 1.35. The summed E-state index contributed by atoms with van der Waals surface area (Å²) in [5, 5.41) is 19.3. The zero-order valence-electron chi connectivity index (χ0n) is 15.8. The van der Waals surface area contributed by atoms with Gasteiger partial charge in [0.2, 0.25) is 5.91 Å². The van der Waals surface area contributed by atoms with Crippen LogP contribution in [0.15, 0.2) is 64.8 Å². The third-order valence-corrected chi connectivity index (χ3v) is 5.25. The number of non-ortho nitro benzene ring substituents is 1. The van der Waals surface area contributed by atoms with Crippen molar-refractivity contribution in [3.05, 3.63) is 75.8 Å². The van der Waals surface area contributed by atoms with Crippen LogP contribution in [-0.4, -0.2) is 32.7 Å². The number of nitrogens with zero attached hydrogens (tertiary/aromatic N) is 4. The third-order valence-electron chi connectivity index (χ3n) is 4.06. The van der Waals surface area contributed by atoms with Gasteiger partial charge < -0.3 is 0 Å². The quantitative estimate of drug-likeness (QED) is 0.435. The maximum absolute atomic E-state index is 13.0. The lowest BCUT2D eigenvalue weighted by atomic mass is 10.0. The molecule has 0 bridgehead atoms. The van der Waals surface area contributed by atoms with Crippen LogP contribution in [0, 0.1) is 10.1 Å². The van der Waals surface area contributed by atoms with Crippen LogP contribution in [0.4, 0.5) is 5.69 Å². The number of nitro groups is 1. The predicted octanol–water partition coefficient (Wildman–Crippen LogP) is 4.40. The summed E-state index contributed by atoms with van der Waals surface area (Å²) in [6.07, 6.45) is 1.45. The molecular weight excluding hydrogens is 376 g/mol. The molecule has 1 heterocycles. The Morgan fingerprint density at radius 3 is 2.50 bits per heavy atom. The number of rotatable bonds is 4. The Balaban J connectivity index is 1.89. The van der Waals surface area contributed by atoms with Crippen molar-refractivity contribution in [2.45, 2.75) is 31.6 Å². The van der Waals surface area contributed by atoms with Gasteiger partial charge in [-0.15, -0.1) is 5.10 Å². The Bertz CT molecular complexity index is 951. The SMILES string of the molecule is CC(C)(C)N1C(=O)C(c2ccccc2)S/C1=N\N=C\c1cccc([N+](=O)[O-])c1. The van der Waals surface area contributed by atoms with Gasteiger partial charge >= 0.3 is 0 Å². The number of nitro benzene ring substituents is 1. The van der Waals surface area contributed by atoms with Gasteiger partial charge in [0, 0.05) is 23.2 Å². The average molecular weight is 396 g/mol. The fourth-order valence-electron chi connectivity index (χ4n) is 2.81. The van der Waals surface area contributed by atoms with Gasteiger partial charge in [0.05, 0.1) is 11.1 Å². The molecule has 0 spiro atoms. The van der Waals surface area contributed by atoms with E-state index in [1.54, 1.807) is 17.0 Å². The van der Waals surface area contributed by atoms with Gasteiger partial charge in [-0.05, 0) is 26.3 Å². The van der Waals surface area contributed by atoms with E-state index >= 15 is 0 Å². The van der Waals surface area contributed by atoms with Gasteiger partial charge in [-0.25, -0.2) is 0 Å². The van der Waals surface area contributed by atoms with Crippen molar-refractivity contribution in [3.63, 3.8) is 0 Å². The third kappa shape index (κ3) is 4.28. The first kappa shape index (κ1) is 19.8. The number of amidine groups is 1. The van der Waals surface area contributed by atoms with E-state index in [9.17, 15) is 14.9 Å². The highest BCUT2D eigenvalue weighted by Crippen LogP contribution is 2.42. The molecule has 0 aliphatic carbocycles. The minimum atomic E-state index is -0.458. The number of hydrogen-bond acceptors (Lipinski definition) is 6. The van der Waals surface area contributed by atoms with Crippen LogP contribution in [0.3, 0.4) is 0 Å². The van der Waals surface area contributed by atoms with Gasteiger partial charge in [-0.1, -0.05) is 54.2 Å². The first-order chi connectivity index (χ1) is 13.3. The van der Waals surface area contributed by atoms with Gasteiger partial charge in [-0.3, -0.25) is 19.8 Å². The summed E-state index contributed by atoms with van der Waals surface area (Å²) in [6, 6.07) is 15.7. The Labute approximate surface area is 167 Å². The number of amides is 1. The summed E-state index contributed by atoms with van der Waals surface area (Å²) < 4.78 is 0. The maximum Gasteiger partial charge on any atom is 0.270 e. The molecule has 144 valence electrons. The summed E-state index contributed by atoms with van der Waals surface area (Å²) in [5.41, 5.74) is 1.02. The molecule has 1 aliphatic heterocycles. The highest BCUT2D eigenvalue weighted by molar-refractivity contribution is 8.15. The lowest BCUT2D eigenvalue weighted by Crippen LogP contribution is -2.45. The van der Waals surface area contributed by atoms with E-state index in [2.05, 4.69) is 10.2 Å². The van der Waals surface area contributed by atoms with E-state index in [1.807, 2.05) is 51.1 Å². The minimum Gasteiger partial charge on any atom is -0.283 e. The van der Waals surface area contributed by atoms with Crippen LogP contribution in [0.1, 0.15) is 37.1 Å². The van der Waals surface area contributed by atoms with E-state index in [0.29, 0.717) is 10.7 Å². The Hall–Kier alpha value is -3.00. The first-order valence-electron chi connectivity index (χ1n) is 8.68. The second-order valence-electron chi connectivity index (χ2n) is 7.23. The molecule has 0 N–H and O–H groups in total. The lowest BCUT2D eigenvalue weighted by Gasteiger charge is -2.30. The van der Waals surface area contributed by atoms with Crippen LogP contribution in [-0.2, 0) is 4.79 Å². The number of carbonyl (C=O) groups excluding carboxylic acids is 1. The van der Waals surface area contributed by atoms with Gasteiger partial charge in [0.25, 0.3) is 5.69 Å². The second-order valence-corrected chi connectivity index (χ2v) is 8.30. The minimum absolute atomic E-state index is 0.0116. The highest BCUT2D eigenvalue weighted by Gasteiger charge is 2.44. The summed E-state index contributed by atoms with van der Waals surface area (Å²) in [7, 11) is 0. The molecule has 0 radical (unpaired) electrons. The molecule has 7 nitrogen and oxygen atoms in total. The lowest BCUT2D eigenvalue weighted by molar-refractivity contribution is -0.384. The largest absolute Gasteiger partial charge is 0.283 e. The van der Waals surface area contributed by atoms with Gasteiger partial charge in [0.15, 0.2) is 5.17 Å². The number of thioether (sulfide) groups is 1. The van der Waals surface area contributed by atoms with Crippen molar-refractivity contribution >= 4 is 34.7 Å². The molecule has 28 heavy (non-hydrogen) atoms. The predicted molar refractivity (Wildman–Crippen MR) is 111 cm³/mol. The molecule has 0 saturated carbocycles. The average Bonchev–Trinajstić information content (AvgIpc) is 2.99. The Morgan fingerprint density at radius 2 is 1.86 bits per heavy atom. The Kier molecular flexibility index (Phi) is 5.60. The van der Waals surface area contributed by atoms with E-state index in [0.717, 1.165) is 5.56 Å². The fourth-order valence-corrected chi connectivity index (χ4v) is 4.08. The standard InChI is InChI=1S/C20H20N4O3S/c1-20(2,3)23-18(25)17(15-9-5-4-6-10-15)28-19(23)22-21-13-14-8-7-11-16(12-14)24(26)27/h4-13,17H,1-3H3/b21-13+,22-19-. The number of benzene rings is 2. The molecule has 2 aromatic carbocycles. The smallest absolute Gasteiger partial charge is 0.270 e. The molecule has 1 fully saturated rings. The Morgan fingerprint density at radius 1 is 1.14 bits per heavy atom. The monoisotopic (exact) mass is 396 g/mol. The molecule has 1 unspecified atom stereocenters. The van der Waals surface area contributed by atoms with Crippen molar-refractivity contribution in [2.75, 3.05) is 0 Å². The van der Waals surface area contributed by atoms with E-state index < -0.39 is 10.5 Å². The van der Waals surface area contributed by atoms with Crippen molar-refractivity contribution < 1.29 is 9.72 Å². The van der Waals surface area contributed by atoms with Crippen LogP contribution in [0.2, 0.25) is 0 Å². The van der Waals surface area contributed by atoms with E-state index in [1.165, 1.54) is 30.1 Å². The zero-order chi connectivity index (χ0) is 20.3. The molecular formula is C20H20N4O3S. The van der Waals surface area contributed by atoms with Crippen LogP contribution >= 0.6 is 11.8 Å². The first-order valence-corrected chi connectivity index (χ1v) is 9.56. The van der Waals surface area contributed by atoms with Crippen LogP contribution in [0.25, 0.3) is 0 Å². The molecule has 1 aliphatic rings. The number of carbonyl (C=O) groups is 1. The second kappa shape index (κ2) is 7.93.